The van der Waals surface area contributed by atoms with Crippen LogP contribution in [0.25, 0.3) is 0 Å². The van der Waals surface area contributed by atoms with Gasteiger partial charge in [-0.05, 0) is 12.8 Å². The van der Waals surface area contributed by atoms with Crippen LogP contribution in [-0.2, 0) is 9.59 Å². The van der Waals surface area contributed by atoms with Crippen LogP contribution in [0.5, 0.6) is 0 Å². The van der Waals surface area contributed by atoms with Crippen molar-refractivity contribution in [2.24, 2.45) is 0 Å². The number of aliphatic hydroxyl groups excluding tert-OH is 1. The van der Waals surface area contributed by atoms with Gasteiger partial charge in [0.15, 0.2) is 0 Å². The van der Waals surface area contributed by atoms with Gasteiger partial charge in [0, 0.05) is 0 Å². The minimum atomic E-state index is -0.542. The van der Waals surface area contributed by atoms with Crippen molar-refractivity contribution in [1.82, 2.24) is 15.5 Å². The van der Waals surface area contributed by atoms with Crippen LogP contribution >= 0.6 is 0 Å². The van der Waals surface area contributed by atoms with Crippen molar-refractivity contribution in [3.63, 3.8) is 0 Å². The third-order valence-electron chi connectivity index (χ3n) is 3.31. The highest BCUT2D eigenvalue weighted by Gasteiger charge is 2.31. The molecule has 2 aliphatic rings. The second-order valence-electron chi connectivity index (χ2n) is 4.66. The van der Waals surface area contributed by atoms with Crippen molar-refractivity contribution in [3.05, 3.63) is 0 Å². The zero-order valence-electron chi connectivity index (χ0n) is 10.0. The number of rotatable bonds is 3. The average Bonchev–Trinajstić information content (AvgIpc) is 2.64. The van der Waals surface area contributed by atoms with E-state index in [2.05, 4.69) is 10.6 Å². The van der Waals surface area contributed by atoms with Gasteiger partial charge in [-0.3, -0.25) is 14.5 Å². The standard InChI is InChI=1S/C11H17N3O4/c15-8-4-2-1-3-7(8)13-9(16)6-14-10(17)5-12-11(14)18/h7-8,15H,1-6H2,(H,12,18)(H,13,16)/t7-,8-/m0/s1. The highest BCUT2D eigenvalue weighted by Crippen LogP contribution is 2.18. The van der Waals surface area contributed by atoms with E-state index in [-0.39, 0.29) is 19.1 Å². The van der Waals surface area contributed by atoms with Crippen molar-refractivity contribution in [2.75, 3.05) is 13.1 Å². The number of nitrogens with zero attached hydrogens (tertiary/aromatic N) is 1. The normalized spacial score (nSPS) is 28.2. The van der Waals surface area contributed by atoms with Crippen LogP contribution in [-0.4, -0.2) is 53.1 Å². The van der Waals surface area contributed by atoms with Crippen molar-refractivity contribution < 1.29 is 19.5 Å². The van der Waals surface area contributed by atoms with Crippen LogP contribution in [0, 0.1) is 0 Å². The van der Waals surface area contributed by atoms with E-state index < -0.39 is 23.9 Å². The number of carbonyl (C=O) groups is 3. The molecule has 0 bridgehead atoms. The Kier molecular flexibility index (Phi) is 3.81. The van der Waals surface area contributed by atoms with E-state index in [0.717, 1.165) is 24.2 Å². The number of hydrogen-bond donors (Lipinski definition) is 3. The van der Waals surface area contributed by atoms with Crippen molar-refractivity contribution >= 4 is 17.8 Å². The van der Waals surface area contributed by atoms with E-state index in [0.29, 0.717) is 6.42 Å². The Morgan fingerprint density at radius 1 is 1.39 bits per heavy atom. The molecule has 0 radical (unpaired) electrons. The van der Waals surface area contributed by atoms with Gasteiger partial charge in [-0.2, -0.15) is 0 Å². The van der Waals surface area contributed by atoms with Gasteiger partial charge in [-0.25, -0.2) is 4.79 Å². The molecule has 2 rings (SSSR count). The summed E-state index contributed by atoms with van der Waals surface area (Å²) in [7, 11) is 0. The molecule has 100 valence electrons. The summed E-state index contributed by atoms with van der Waals surface area (Å²) in [4.78, 5) is 35.1. The summed E-state index contributed by atoms with van der Waals surface area (Å²) in [5, 5.41) is 14.7. The van der Waals surface area contributed by atoms with E-state index in [1.54, 1.807) is 0 Å². The molecule has 0 aromatic rings. The number of nitrogens with one attached hydrogen (secondary N) is 2. The molecule has 0 aromatic carbocycles. The smallest absolute Gasteiger partial charge is 0.325 e. The number of urea groups is 1. The van der Waals surface area contributed by atoms with Gasteiger partial charge in [0.25, 0.3) is 5.91 Å². The first-order chi connectivity index (χ1) is 8.58. The van der Waals surface area contributed by atoms with Gasteiger partial charge in [0.05, 0.1) is 18.7 Å². The zero-order chi connectivity index (χ0) is 13.1. The summed E-state index contributed by atoms with van der Waals surface area (Å²) in [5.41, 5.74) is 0. The van der Waals surface area contributed by atoms with Crippen LogP contribution in [0.2, 0.25) is 0 Å². The Labute approximate surface area is 105 Å². The maximum absolute atomic E-state index is 11.7. The zero-order valence-corrected chi connectivity index (χ0v) is 10.0. The van der Waals surface area contributed by atoms with E-state index in [1.807, 2.05) is 0 Å². The molecule has 7 nitrogen and oxygen atoms in total. The fourth-order valence-corrected chi connectivity index (χ4v) is 2.29. The lowest BCUT2D eigenvalue weighted by atomic mass is 9.92. The van der Waals surface area contributed by atoms with Gasteiger partial charge >= 0.3 is 6.03 Å². The largest absolute Gasteiger partial charge is 0.391 e. The molecule has 3 N–H and O–H groups in total. The second-order valence-corrected chi connectivity index (χ2v) is 4.66. The first-order valence-electron chi connectivity index (χ1n) is 6.13. The molecule has 0 unspecified atom stereocenters. The molecule has 4 amide bonds. The molecule has 0 spiro atoms. The Morgan fingerprint density at radius 2 is 2.11 bits per heavy atom. The average molecular weight is 255 g/mol. The minimum Gasteiger partial charge on any atom is -0.391 e. The maximum atomic E-state index is 11.7. The molecular weight excluding hydrogens is 238 g/mol. The number of carbonyl (C=O) groups excluding carboxylic acids is 3. The molecule has 1 saturated heterocycles. The minimum absolute atomic E-state index is 0.0574. The molecule has 1 aliphatic heterocycles. The first-order valence-corrected chi connectivity index (χ1v) is 6.13. The molecule has 1 heterocycles. The van der Waals surface area contributed by atoms with Gasteiger partial charge in [-0.1, -0.05) is 12.8 Å². The number of hydrogen-bond acceptors (Lipinski definition) is 4. The quantitative estimate of drug-likeness (QED) is 0.561. The van der Waals surface area contributed by atoms with Gasteiger partial charge < -0.3 is 15.7 Å². The third kappa shape index (κ3) is 2.79. The molecule has 18 heavy (non-hydrogen) atoms. The van der Waals surface area contributed by atoms with E-state index >= 15 is 0 Å². The molecule has 1 aliphatic carbocycles. The van der Waals surface area contributed by atoms with Crippen LogP contribution < -0.4 is 10.6 Å². The lowest BCUT2D eigenvalue weighted by Gasteiger charge is -2.28. The van der Waals surface area contributed by atoms with Crippen LogP contribution in [0.4, 0.5) is 4.79 Å². The van der Waals surface area contributed by atoms with Gasteiger partial charge in [0.1, 0.15) is 6.54 Å². The predicted molar refractivity (Wildman–Crippen MR) is 61.5 cm³/mol. The molecule has 0 aromatic heterocycles. The highest BCUT2D eigenvalue weighted by atomic mass is 16.3. The molecular formula is C11H17N3O4. The summed E-state index contributed by atoms with van der Waals surface area (Å²) in [6, 6.07) is -0.814. The highest BCUT2D eigenvalue weighted by molar-refractivity contribution is 6.04. The number of aliphatic hydroxyl groups is 1. The summed E-state index contributed by atoms with van der Waals surface area (Å²) in [6.45, 7) is -0.341. The summed E-state index contributed by atoms with van der Waals surface area (Å²) in [5.74, 6) is -0.814. The summed E-state index contributed by atoms with van der Waals surface area (Å²) >= 11 is 0. The fourth-order valence-electron chi connectivity index (χ4n) is 2.29. The first kappa shape index (κ1) is 12.8. The third-order valence-corrected chi connectivity index (χ3v) is 3.31. The van der Waals surface area contributed by atoms with E-state index in [1.165, 1.54) is 0 Å². The topological polar surface area (TPSA) is 98.7 Å². The molecule has 7 heteroatoms. The van der Waals surface area contributed by atoms with Gasteiger partial charge in [-0.15, -0.1) is 0 Å². The number of amides is 4. The molecule has 2 fully saturated rings. The van der Waals surface area contributed by atoms with Crippen molar-refractivity contribution in [3.8, 4) is 0 Å². The fraction of sp³-hybridized carbons (Fsp3) is 0.727. The Hall–Kier alpha value is -1.63. The van der Waals surface area contributed by atoms with Crippen LogP contribution in [0.15, 0.2) is 0 Å². The van der Waals surface area contributed by atoms with E-state index in [9.17, 15) is 19.5 Å². The Morgan fingerprint density at radius 3 is 2.72 bits per heavy atom. The SMILES string of the molecule is O=C(CN1C(=O)CNC1=O)N[C@H]1CCCC[C@@H]1O. The maximum Gasteiger partial charge on any atom is 0.325 e. The van der Waals surface area contributed by atoms with Crippen LogP contribution in [0.3, 0.4) is 0 Å². The van der Waals surface area contributed by atoms with Crippen LogP contribution in [0.1, 0.15) is 25.7 Å². The molecule has 2 atom stereocenters. The van der Waals surface area contributed by atoms with Crippen molar-refractivity contribution in [2.45, 2.75) is 37.8 Å². The monoisotopic (exact) mass is 255 g/mol. The lowest BCUT2D eigenvalue weighted by molar-refractivity contribution is -0.131. The predicted octanol–water partition coefficient (Wildman–Crippen LogP) is -1.04. The Balaban J connectivity index is 1.84. The summed E-state index contributed by atoms with van der Waals surface area (Å²) in [6.07, 6.45) is 2.79. The van der Waals surface area contributed by atoms with Gasteiger partial charge in [0.2, 0.25) is 5.91 Å². The molecule has 1 saturated carbocycles. The second kappa shape index (κ2) is 5.34. The van der Waals surface area contributed by atoms with Crippen molar-refractivity contribution in [1.29, 1.82) is 0 Å². The summed E-state index contributed by atoms with van der Waals surface area (Å²) < 4.78 is 0. The van der Waals surface area contributed by atoms with E-state index in [4.69, 9.17) is 0 Å². The lowest BCUT2D eigenvalue weighted by Crippen LogP contribution is -2.49. The number of imide groups is 1. The Bertz CT molecular complexity index is 355.